The van der Waals surface area contributed by atoms with E-state index in [1.807, 2.05) is 0 Å². The number of benzene rings is 1. The third-order valence-corrected chi connectivity index (χ3v) is 7.27. The molecule has 3 aliphatic rings. The van der Waals surface area contributed by atoms with Crippen LogP contribution in [0.3, 0.4) is 0 Å². The summed E-state index contributed by atoms with van der Waals surface area (Å²) in [6.45, 7) is 2.14. The predicted octanol–water partition coefficient (Wildman–Crippen LogP) is 1.65. The molecule has 3 amide bonds. The zero-order valence-corrected chi connectivity index (χ0v) is 22.4. The first kappa shape index (κ1) is 27.6. The molecular formula is C26H31F2N7O5. The molecule has 12 nitrogen and oxygen atoms in total. The molecule has 1 aliphatic carbocycles. The van der Waals surface area contributed by atoms with Crippen molar-refractivity contribution in [1.82, 2.24) is 20.2 Å². The summed E-state index contributed by atoms with van der Waals surface area (Å²) in [5.74, 6) is -0.671. The number of alkyl halides is 1. The Kier molecular flexibility index (Phi) is 7.55. The van der Waals surface area contributed by atoms with Crippen LogP contribution in [0.4, 0.5) is 30.9 Å². The van der Waals surface area contributed by atoms with Crippen LogP contribution in [0.2, 0.25) is 0 Å². The van der Waals surface area contributed by atoms with Crippen LogP contribution in [0, 0.1) is 5.82 Å². The maximum absolute atomic E-state index is 15.7. The predicted molar refractivity (Wildman–Crippen MR) is 141 cm³/mol. The molecule has 1 aromatic heterocycles. The second-order valence-corrected chi connectivity index (χ2v) is 10.5. The average molecular weight is 560 g/mol. The molecule has 2 unspecified atom stereocenters. The summed E-state index contributed by atoms with van der Waals surface area (Å²) in [4.78, 5) is 47.7. The van der Waals surface area contributed by atoms with Crippen LogP contribution in [-0.4, -0.2) is 90.9 Å². The highest BCUT2D eigenvalue weighted by atomic mass is 19.1. The third-order valence-electron chi connectivity index (χ3n) is 7.27. The monoisotopic (exact) mass is 559 g/mol. The largest absolute Gasteiger partial charge is 0.465 e. The molecule has 14 heteroatoms. The molecule has 5 rings (SSSR count). The van der Waals surface area contributed by atoms with Gasteiger partial charge in [-0.3, -0.25) is 19.4 Å². The van der Waals surface area contributed by atoms with Gasteiger partial charge in [-0.25, -0.2) is 23.5 Å². The van der Waals surface area contributed by atoms with Gasteiger partial charge in [0.2, 0.25) is 5.91 Å². The number of carbonyl (C=O) groups excluding carboxylic acids is 3. The van der Waals surface area contributed by atoms with Crippen LogP contribution in [-0.2, 0) is 27.2 Å². The van der Waals surface area contributed by atoms with E-state index in [4.69, 9.17) is 9.47 Å². The van der Waals surface area contributed by atoms with Gasteiger partial charge in [0.15, 0.2) is 18.2 Å². The van der Waals surface area contributed by atoms with Gasteiger partial charge in [-0.15, -0.1) is 0 Å². The van der Waals surface area contributed by atoms with Gasteiger partial charge < -0.3 is 25.4 Å². The van der Waals surface area contributed by atoms with E-state index >= 15 is 4.39 Å². The first-order chi connectivity index (χ1) is 19.0. The molecule has 0 saturated carbocycles. The number of halogens is 2. The number of hydrogen-bond donors (Lipinski definition) is 3. The highest BCUT2D eigenvalue weighted by Crippen LogP contribution is 2.36. The number of amides is 3. The third kappa shape index (κ3) is 5.82. The number of nitrogens with one attached hydrogen (secondary N) is 3. The Morgan fingerprint density at radius 1 is 1.32 bits per heavy atom. The Bertz CT molecular complexity index is 1340. The summed E-state index contributed by atoms with van der Waals surface area (Å²) in [7, 11) is 3.54. The second kappa shape index (κ2) is 10.9. The van der Waals surface area contributed by atoms with E-state index in [2.05, 4.69) is 25.9 Å². The summed E-state index contributed by atoms with van der Waals surface area (Å²) in [5.41, 5.74) is -0.536. The number of rotatable bonds is 9. The Morgan fingerprint density at radius 3 is 2.90 bits per heavy atom. The van der Waals surface area contributed by atoms with Gasteiger partial charge in [0.25, 0.3) is 11.8 Å². The summed E-state index contributed by atoms with van der Waals surface area (Å²) < 4.78 is 41.0. The van der Waals surface area contributed by atoms with Crippen molar-refractivity contribution in [2.24, 2.45) is 0 Å². The molecule has 0 bridgehead atoms. The van der Waals surface area contributed by atoms with Gasteiger partial charge in [-0.05, 0) is 57.2 Å². The molecule has 2 aliphatic heterocycles. The number of ether oxygens (including phenoxy) is 2. The van der Waals surface area contributed by atoms with Crippen LogP contribution in [0.25, 0.3) is 0 Å². The lowest BCUT2D eigenvalue weighted by atomic mass is 10.0. The number of nitrogens with zero attached hydrogens (tertiary/aromatic N) is 4. The van der Waals surface area contributed by atoms with Crippen molar-refractivity contribution in [3.63, 3.8) is 0 Å². The molecule has 0 spiro atoms. The van der Waals surface area contributed by atoms with E-state index in [-0.39, 0.29) is 61.9 Å². The van der Waals surface area contributed by atoms with Crippen molar-refractivity contribution in [3.8, 4) is 5.88 Å². The first-order valence-electron chi connectivity index (χ1n) is 13.0. The smallest absolute Gasteiger partial charge is 0.415 e. The number of cyclic esters (lactones) is 1. The minimum absolute atomic E-state index is 0.0130. The summed E-state index contributed by atoms with van der Waals surface area (Å²) in [6, 6.07) is 2.45. The fourth-order valence-corrected chi connectivity index (χ4v) is 4.87. The molecule has 3 heterocycles. The summed E-state index contributed by atoms with van der Waals surface area (Å²) >= 11 is 0. The van der Waals surface area contributed by atoms with Gasteiger partial charge in [-0.2, -0.15) is 0 Å². The van der Waals surface area contributed by atoms with Crippen LogP contribution in [0.1, 0.15) is 24.5 Å². The number of aromatic nitrogens is 2. The molecule has 214 valence electrons. The molecule has 2 aromatic rings. The lowest BCUT2D eigenvalue weighted by Gasteiger charge is -2.20. The number of anilines is 3. The van der Waals surface area contributed by atoms with Gasteiger partial charge in [0.05, 0.1) is 18.8 Å². The van der Waals surface area contributed by atoms with Crippen molar-refractivity contribution < 1.29 is 32.6 Å². The fourth-order valence-electron chi connectivity index (χ4n) is 4.87. The number of carbonyl (C=O) groups is 3. The van der Waals surface area contributed by atoms with Crippen molar-refractivity contribution in [3.05, 3.63) is 35.3 Å². The van der Waals surface area contributed by atoms with Gasteiger partial charge in [0.1, 0.15) is 17.6 Å². The number of likely N-dealkylation sites (N-methyl/N-ethyl adjacent to an activating group) is 1. The molecule has 1 aromatic carbocycles. The topological polar surface area (TPSA) is 138 Å². The SMILES string of the molecule is C[C@H](C(=O)Nc1cc(F)c2c(c1)CC(F)(CNCCC1CN(c3cnc4c(n3)NC(=O)CO4)C(=O)O1)C2)N(C)C. The van der Waals surface area contributed by atoms with Crippen LogP contribution < -0.4 is 25.6 Å². The zero-order chi connectivity index (χ0) is 28.6. The number of hydrogen-bond acceptors (Lipinski definition) is 9. The van der Waals surface area contributed by atoms with Crippen molar-refractivity contribution >= 4 is 35.2 Å². The van der Waals surface area contributed by atoms with Gasteiger partial charge in [-0.1, -0.05) is 0 Å². The summed E-state index contributed by atoms with van der Waals surface area (Å²) in [6.07, 6.45) is 0.650. The standard InChI is InChI=1S/C26H31F2N7O5/c1-14(34(2)3)23(37)31-16-6-15-8-26(28,9-18(15)19(27)7-16)13-29-5-4-17-11-35(25(38)40-17)20-10-30-24-22(32-20)33-21(36)12-39-24/h6-7,10,14,17,29H,4-5,8-9,11-13H2,1-3H3,(H,31,37)(H,32,33,36)/t14-,17?,26?/m1/s1. The highest BCUT2D eigenvalue weighted by Gasteiger charge is 2.39. The van der Waals surface area contributed by atoms with Crippen molar-refractivity contribution in [2.45, 2.75) is 44.0 Å². The first-order valence-corrected chi connectivity index (χ1v) is 13.0. The van der Waals surface area contributed by atoms with Gasteiger partial charge >= 0.3 is 6.09 Å². The fraction of sp³-hybridized carbons (Fsp3) is 0.500. The van der Waals surface area contributed by atoms with E-state index < -0.39 is 29.7 Å². The minimum Gasteiger partial charge on any atom is -0.465 e. The molecule has 40 heavy (non-hydrogen) atoms. The minimum atomic E-state index is -1.69. The van der Waals surface area contributed by atoms with E-state index in [1.54, 1.807) is 32.0 Å². The molecular weight excluding hydrogens is 528 g/mol. The van der Waals surface area contributed by atoms with Crippen LogP contribution >= 0.6 is 0 Å². The van der Waals surface area contributed by atoms with Crippen molar-refractivity contribution in [1.29, 1.82) is 0 Å². The molecule has 3 atom stereocenters. The lowest BCUT2D eigenvalue weighted by Crippen LogP contribution is -2.38. The Labute approximate surface area is 229 Å². The quantitative estimate of drug-likeness (QED) is 0.392. The van der Waals surface area contributed by atoms with Crippen molar-refractivity contribution in [2.75, 3.05) is 55.9 Å². The normalized spacial score (nSPS) is 22.4. The Morgan fingerprint density at radius 2 is 2.12 bits per heavy atom. The lowest BCUT2D eigenvalue weighted by molar-refractivity contribution is -0.120. The van der Waals surface area contributed by atoms with Gasteiger partial charge in [0, 0.05) is 25.1 Å². The molecule has 3 N–H and O–H groups in total. The zero-order valence-electron chi connectivity index (χ0n) is 22.4. The van der Waals surface area contributed by atoms with E-state index in [0.717, 1.165) is 0 Å². The maximum Gasteiger partial charge on any atom is 0.415 e. The molecule has 0 radical (unpaired) electrons. The maximum atomic E-state index is 15.7. The van der Waals surface area contributed by atoms with E-state index in [0.29, 0.717) is 29.8 Å². The van der Waals surface area contributed by atoms with E-state index in [1.165, 1.54) is 17.2 Å². The Hall–Kier alpha value is -3.91. The number of fused-ring (bicyclic) bond motifs is 2. The second-order valence-electron chi connectivity index (χ2n) is 10.5. The van der Waals surface area contributed by atoms with Crippen LogP contribution in [0.5, 0.6) is 5.88 Å². The highest BCUT2D eigenvalue weighted by molar-refractivity contribution is 5.95. The molecule has 1 saturated heterocycles. The van der Waals surface area contributed by atoms with Crippen LogP contribution in [0.15, 0.2) is 18.3 Å². The summed E-state index contributed by atoms with van der Waals surface area (Å²) in [5, 5.41) is 8.31. The van der Waals surface area contributed by atoms with E-state index in [9.17, 15) is 18.8 Å². The Balaban J connectivity index is 1.11. The average Bonchev–Trinajstić information content (AvgIpc) is 3.45. The molecule has 1 fully saturated rings.